The molecule has 0 aliphatic rings. The molecule has 0 saturated heterocycles. The van der Waals surface area contributed by atoms with Crippen molar-refractivity contribution < 1.29 is 4.74 Å². The zero-order chi connectivity index (χ0) is 13.5. The molecule has 0 spiro atoms. The smallest absolute Gasteiger partial charge is 0.122 e. The largest absolute Gasteiger partial charge is 0.496 e. The maximum atomic E-state index is 6.02. The van der Waals surface area contributed by atoms with Crippen molar-refractivity contribution in [2.45, 2.75) is 31.6 Å². The number of benzene rings is 1. The third-order valence-corrected chi connectivity index (χ3v) is 4.07. The lowest BCUT2D eigenvalue weighted by atomic mass is 10.1. The molecule has 0 aliphatic heterocycles. The summed E-state index contributed by atoms with van der Waals surface area (Å²) < 4.78 is 5.34. The predicted molar refractivity (Wildman–Crippen MR) is 80.4 cm³/mol. The fourth-order valence-corrected chi connectivity index (χ4v) is 2.67. The second-order valence-corrected chi connectivity index (χ2v) is 6.45. The van der Waals surface area contributed by atoms with E-state index >= 15 is 0 Å². The van der Waals surface area contributed by atoms with Gasteiger partial charge in [0.1, 0.15) is 5.75 Å². The summed E-state index contributed by atoms with van der Waals surface area (Å²) >= 11 is 7.90. The summed E-state index contributed by atoms with van der Waals surface area (Å²) in [5, 5.41) is 1.32. The molecular formula is C13H21ClN2OS. The standard InChI is InChI=1S/C13H21ClN2OS/c1-9(2)18-8-12(16-15)7-10-6-11(14)4-5-13(10)17-3/h4-6,9,12,16H,7-8,15H2,1-3H3. The first-order chi connectivity index (χ1) is 8.56. The second-order valence-electron chi connectivity index (χ2n) is 4.41. The molecule has 0 saturated carbocycles. The quantitative estimate of drug-likeness (QED) is 0.598. The Bertz CT molecular complexity index is 374. The van der Waals surface area contributed by atoms with E-state index in [2.05, 4.69) is 19.3 Å². The number of halogens is 1. The fourth-order valence-electron chi connectivity index (χ4n) is 1.65. The Morgan fingerprint density at radius 2 is 2.17 bits per heavy atom. The van der Waals surface area contributed by atoms with Crippen LogP contribution in [0.1, 0.15) is 19.4 Å². The van der Waals surface area contributed by atoms with Crippen LogP contribution in [0, 0.1) is 0 Å². The van der Waals surface area contributed by atoms with Crippen LogP contribution in [-0.2, 0) is 6.42 Å². The van der Waals surface area contributed by atoms with Gasteiger partial charge < -0.3 is 4.74 Å². The van der Waals surface area contributed by atoms with Crippen LogP contribution in [-0.4, -0.2) is 24.2 Å². The monoisotopic (exact) mass is 288 g/mol. The number of nitrogens with two attached hydrogens (primary N) is 1. The SMILES string of the molecule is COc1ccc(Cl)cc1CC(CSC(C)C)NN. The van der Waals surface area contributed by atoms with Crippen LogP contribution < -0.4 is 16.0 Å². The molecule has 18 heavy (non-hydrogen) atoms. The minimum absolute atomic E-state index is 0.213. The van der Waals surface area contributed by atoms with Gasteiger partial charge in [-0.1, -0.05) is 25.4 Å². The second kappa shape index (κ2) is 7.89. The summed E-state index contributed by atoms with van der Waals surface area (Å²) in [5.41, 5.74) is 3.94. The highest BCUT2D eigenvalue weighted by atomic mass is 35.5. The van der Waals surface area contributed by atoms with Crippen molar-refractivity contribution in [1.82, 2.24) is 5.43 Å². The Kier molecular flexibility index (Phi) is 6.86. The Morgan fingerprint density at radius 1 is 1.44 bits per heavy atom. The summed E-state index contributed by atoms with van der Waals surface area (Å²) in [7, 11) is 1.67. The third kappa shape index (κ3) is 5.06. The molecule has 1 aromatic rings. The van der Waals surface area contributed by atoms with E-state index in [4.69, 9.17) is 22.2 Å². The van der Waals surface area contributed by atoms with E-state index in [1.807, 2.05) is 30.0 Å². The first-order valence-corrected chi connectivity index (χ1v) is 7.39. The number of ether oxygens (including phenoxy) is 1. The maximum absolute atomic E-state index is 6.02. The lowest BCUT2D eigenvalue weighted by Gasteiger charge is -2.18. The highest BCUT2D eigenvalue weighted by Crippen LogP contribution is 2.24. The Balaban J connectivity index is 2.71. The molecular weight excluding hydrogens is 268 g/mol. The van der Waals surface area contributed by atoms with Crippen LogP contribution in [0.5, 0.6) is 5.75 Å². The van der Waals surface area contributed by atoms with Crippen LogP contribution in [0.2, 0.25) is 5.02 Å². The molecule has 3 N–H and O–H groups in total. The van der Waals surface area contributed by atoms with E-state index < -0.39 is 0 Å². The van der Waals surface area contributed by atoms with E-state index in [0.717, 1.165) is 28.5 Å². The number of hydrogen-bond acceptors (Lipinski definition) is 4. The van der Waals surface area contributed by atoms with Gasteiger partial charge >= 0.3 is 0 Å². The third-order valence-electron chi connectivity index (χ3n) is 2.58. The highest BCUT2D eigenvalue weighted by molar-refractivity contribution is 7.99. The van der Waals surface area contributed by atoms with Crippen LogP contribution in [0.3, 0.4) is 0 Å². The van der Waals surface area contributed by atoms with E-state index in [9.17, 15) is 0 Å². The van der Waals surface area contributed by atoms with Crippen molar-refractivity contribution >= 4 is 23.4 Å². The first-order valence-electron chi connectivity index (χ1n) is 5.97. The Morgan fingerprint density at radius 3 is 2.72 bits per heavy atom. The molecule has 0 aromatic heterocycles. The van der Waals surface area contributed by atoms with Crippen molar-refractivity contribution in [2.75, 3.05) is 12.9 Å². The van der Waals surface area contributed by atoms with Gasteiger partial charge in [-0.05, 0) is 35.4 Å². The molecule has 3 nitrogen and oxygen atoms in total. The predicted octanol–water partition coefficient (Wildman–Crippen LogP) is 2.86. The van der Waals surface area contributed by atoms with Gasteiger partial charge in [-0.2, -0.15) is 11.8 Å². The zero-order valence-corrected chi connectivity index (χ0v) is 12.6. The van der Waals surface area contributed by atoms with E-state index in [1.54, 1.807) is 7.11 Å². The van der Waals surface area contributed by atoms with Gasteiger partial charge in [0.2, 0.25) is 0 Å². The molecule has 1 aromatic carbocycles. The molecule has 0 amide bonds. The van der Waals surface area contributed by atoms with Crippen molar-refractivity contribution in [1.29, 1.82) is 0 Å². The fraction of sp³-hybridized carbons (Fsp3) is 0.538. The van der Waals surface area contributed by atoms with Crippen LogP contribution in [0.4, 0.5) is 0 Å². The Labute approximate surface area is 118 Å². The normalized spacial score (nSPS) is 12.8. The molecule has 0 bridgehead atoms. The zero-order valence-electron chi connectivity index (χ0n) is 11.1. The molecule has 5 heteroatoms. The summed E-state index contributed by atoms with van der Waals surface area (Å²) in [4.78, 5) is 0. The number of rotatable bonds is 7. The minimum Gasteiger partial charge on any atom is -0.496 e. The first kappa shape index (κ1) is 15.6. The number of methoxy groups -OCH3 is 1. The van der Waals surface area contributed by atoms with Gasteiger partial charge in [-0.25, -0.2) is 0 Å². The van der Waals surface area contributed by atoms with E-state index in [0.29, 0.717) is 5.25 Å². The number of hydrogen-bond donors (Lipinski definition) is 2. The number of nitrogens with one attached hydrogen (secondary N) is 1. The highest BCUT2D eigenvalue weighted by Gasteiger charge is 2.12. The van der Waals surface area contributed by atoms with Crippen molar-refractivity contribution in [3.05, 3.63) is 28.8 Å². The van der Waals surface area contributed by atoms with Crippen LogP contribution in [0.25, 0.3) is 0 Å². The molecule has 1 atom stereocenters. The van der Waals surface area contributed by atoms with Gasteiger partial charge in [-0.15, -0.1) is 0 Å². The molecule has 1 unspecified atom stereocenters. The van der Waals surface area contributed by atoms with E-state index in [1.165, 1.54) is 0 Å². The van der Waals surface area contributed by atoms with Gasteiger partial charge in [-0.3, -0.25) is 11.3 Å². The molecule has 0 fully saturated rings. The molecule has 0 aliphatic carbocycles. The van der Waals surface area contributed by atoms with Crippen LogP contribution >= 0.6 is 23.4 Å². The molecule has 1 rings (SSSR count). The van der Waals surface area contributed by atoms with Gasteiger partial charge in [0.05, 0.1) is 7.11 Å². The number of thioether (sulfide) groups is 1. The maximum Gasteiger partial charge on any atom is 0.122 e. The van der Waals surface area contributed by atoms with Gasteiger partial charge in [0, 0.05) is 16.8 Å². The van der Waals surface area contributed by atoms with Crippen molar-refractivity contribution in [3.8, 4) is 5.75 Å². The summed E-state index contributed by atoms with van der Waals surface area (Å²) in [6, 6.07) is 5.87. The summed E-state index contributed by atoms with van der Waals surface area (Å²) in [5.74, 6) is 7.42. The topological polar surface area (TPSA) is 47.3 Å². The molecule has 0 heterocycles. The average molecular weight is 289 g/mol. The lowest BCUT2D eigenvalue weighted by molar-refractivity contribution is 0.406. The summed E-state index contributed by atoms with van der Waals surface area (Å²) in [6.45, 7) is 4.36. The molecule has 102 valence electrons. The summed E-state index contributed by atoms with van der Waals surface area (Å²) in [6.07, 6.45) is 0.806. The van der Waals surface area contributed by atoms with Crippen LogP contribution in [0.15, 0.2) is 18.2 Å². The lowest BCUT2D eigenvalue weighted by Crippen LogP contribution is -2.39. The number of hydrazine groups is 1. The molecule has 0 radical (unpaired) electrons. The Hall–Kier alpha value is -0.420. The van der Waals surface area contributed by atoms with Gasteiger partial charge in [0.15, 0.2) is 0 Å². The van der Waals surface area contributed by atoms with Crippen molar-refractivity contribution in [2.24, 2.45) is 5.84 Å². The van der Waals surface area contributed by atoms with Crippen molar-refractivity contribution in [3.63, 3.8) is 0 Å². The average Bonchev–Trinajstić information content (AvgIpc) is 2.34. The van der Waals surface area contributed by atoms with Gasteiger partial charge in [0.25, 0.3) is 0 Å². The minimum atomic E-state index is 0.213. The van der Waals surface area contributed by atoms with E-state index in [-0.39, 0.29) is 6.04 Å².